The molecule has 0 saturated heterocycles. The van der Waals surface area contributed by atoms with Crippen LogP contribution >= 0.6 is 27.7 Å². The fourth-order valence-electron chi connectivity index (χ4n) is 4.19. The van der Waals surface area contributed by atoms with Gasteiger partial charge in [-0.1, -0.05) is 64.5 Å². The highest BCUT2D eigenvalue weighted by molar-refractivity contribution is 9.10. The summed E-state index contributed by atoms with van der Waals surface area (Å²) in [6.45, 7) is 1.83. The van der Waals surface area contributed by atoms with E-state index in [-0.39, 0.29) is 5.91 Å². The van der Waals surface area contributed by atoms with Crippen LogP contribution in [0.5, 0.6) is 5.75 Å². The van der Waals surface area contributed by atoms with Crippen molar-refractivity contribution in [1.29, 1.82) is 10.5 Å². The summed E-state index contributed by atoms with van der Waals surface area (Å²) in [5.41, 5.74) is 4.33. The van der Waals surface area contributed by atoms with E-state index in [2.05, 4.69) is 38.7 Å². The molecule has 184 valence electrons. The Bertz CT molecular complexity index is 1500. The van der Waals surface area contributed by atoms with E-state index < -0.39 is 5.92 Å². The van der Waals surface area contributed by atoms with Gasteiger partial charge in [0.15, 0.2) is 0 Å². The zero-order valence-corrected chi connectivity index (χ0v) is 22.6. The lowest BCUT2D eigenvalue weighted by molar-refractivity contribution is -0.113. The minimum absolute atomic E-state index is 0.332. The summed E-state index contributed by atoms with van der Waals surface area (Å²) in [5.74, 6) is 0.0987. The lowest BCUT2D eigenvalue weighted by Crippen LogP contribution is -2.31. The van der Waals surface area contributed by atoms with Gasteiger partial charge < -0.3 is 15.4 Å². The number of benzene rings is 3. The Hall–Kier alpha value is -3.98. The number of carbonyl (C=O) groups excluding carboxylic acids is 1. The zero-order chi connectivity index (χ0) is 26.4. The number of methoxy groups -OCH3 is 1. The van der Waals surface area contributed by atoms with Crippen LogP contribution in [-0.2, 0) is 10.5 Å². The average Bonchev–Trinajstić information content (AvgIpc) is 2.92. The molecule has 0 bridgehead atoms. The molecule has 0 fully saturated rings. The van der Waals surface area contributed by atoms with E-state index in [9.17, 15) is 15.3 Å². The number of ether oxygens (including phenoxy) is 1. The molecule has 3 aromatic carbocycles. The number of hydrogen-bond acceptors (Lipinski definition) is 6. The van der Waals surface area contributed by atoms with Gasteiger partial charge in [0.25, 0.3) is 5.91 Å². The number of dihydropyridines is 1. The molecule has 0 aliphatic carbocycles. The molecule has 8 heteroatoms. The molecule has 0 aromatic heterocycles. The number of anilines is 1. The summed E-state index contributed by atoms with van der Waals surface area (Å²) in [5, 5.41) is 26.7. The quantitative estimate of drug-likeness (QED) is 0.332. The molecule has 4 rings (SSSR count). The van der Waals surface area contributed by atoms with E-state index in [1.807, 2.05) is 61.5 Å². The molecule has 0 radical (unpaired) electrons. The molecule has 0 spiro atoms. The molecule has 1 aliphatic rings. The summed E-state index contributed by atoms with van der Waals surface area (Å²) in [4.78, 5) is 13.7. The number of rotatable bonds is 7. The number of nitrogens with one attached hydrogen (secondary N) is 2. The van der Waals surface area contributed by atoms with Gasteiger partial charge in [-0.2, -0.15) is 10.5 Å². The van der Waals surface area contributed by atoms with Crippen LogP contribution in [0.15, 0.2) is 99.1 Å². The summed E-state index contributed by atoms with van der Waals surface area (Å²) in [6, 6.07) is 26.8. The first kappa shape index (κ1) is 26.1. The van der Waals surface area contributed by atoms with E-state index in [0.29, 0.717) is 44.6 Å². The SMILES string of the molecule is COc1ccccc1NC(=O)C1=C(C)NC(SCc2ccccc2C#N)=C(C#N)C1c1ccccc1Br. The Morgan fingerprint density at radius 1 is 1.05 bits per heavy atom. The molecule has 3 aromatic rings. The van der Waals surface area contributed by atoms with E-state index in [1.54, 1.807) is 25.3 Å². The molecular formula is C29H23BrN4O2S. The monoisotopic (exact) mass is 570 g/mol. The van der Waals surface area contributed by atoms with Gasteiger partial charge in [0.05, 0.1) is 47.0 Å². The second kappa shape index (κ2) is 11.8. The van der Waals surface area contributed by atoms with Crippen molar-refractivity contribution in [3.8, 4) is 17.9 Å². The number of thioether (sulfide) groups is 1. The lowest BCUT2D eigenvalue weighted by Gasteiger charge is -2.30. The Morgan fingerprint density at radius 2 is 1.76 bits per heavy atom. The van der Waals surface area contributed by atoms with Crippen LogP contribution in [0.2, 0.25) is 0 Å². The Labute approximate surface area is 228 Å². The van der Waals surface area contributed by atoms with Crippen molar-refractivity contribution in [3.05, 3.63) is 116 Å². The Balaban J connectivity index is 1.76. The van der Waals surface area contributed by atoms with Crippen molar-refractivity contribution in [2.45, 2.75) is 18.6 Å². The molecule has 0 saturated carbocycles. The molecule has 1 amide bonds. The Morgan fingerprint density at radius 3 is 2.49 bits per heavy atom. The molecule has 6 nitrogen and oxygen atoms in total. The number of allylic oxidation sites excluding steroid dienone is 2. The third kappa shape index (κ3) is 5.56. The zero-order valence-electron chi connectivity index (χ0n) is 20.2. The van der Waals surface area contributed by atoms with Crippen LogP contribution in [0, 0.1) is 22.7 Å². The third-order valence-corrected chi connectivity index (χ3v) is 7.76. The van der Waals surface area contributed by atoms with Gasteiger partial charge in [-0.25, -0.2) is 0 Å². The summed E-state index contributed by atoms with van der Waals surface area (Å²) in [7, 11) is 1.55. The smallest absolute Gasteiger partial charge is 0.254 e. The van der Waals surface area contributed by atoms with Crippen molar-refractivity contribution in [3.63, 3.8) is 0 Å². The molecular weight excluding hydrogens is 548 g/mol. The summed E-state index contributed by atoms with van der Waals surface area (Å²) < 4.78 is 6.20. The predicted molar refractivity (Wildman–Crippen MR) is 149 cm³/mol. The van der Waals surface area contributed by atoms with Crippen LogP contribution in [0.4, 0.5) is 5.69 Å². The highest BCUT2D eigenvalue weighted by Gasteiger charge is 2.36. The molecule has 1 unspecified atom stereocenters. The van der Waals surface area contributed by atoms with Gasteiger partial charge in [0.2, 0.25) is 0 Å². The van der Waals surface area contributed by atoms with Gasteiger partial charge in [0.1, 0.15) is 5.75 Å². The second-order valence-electron chi connectivity index (χ2n) is 8.18. The number of halogens is 1. The van der Waals surface area contributed by atoms with Gasteiger partial charge in [-0.05, 0) is 42.3 Å². The van der Waals surface area contributed by atoms with Crippen LogP contribution < -0.4 is 15.4 Å². The molecule has 1 heterocycles. The van der Waals surface area contributed by atoms with E-state index in [0.717, 1.165) is 15.6 Å². The maximum atomic E-state index is 13.7. The second-order valence-corrected chi connectivity index (χ2v) is 10.0. The summed E-state index contributed by atoms with van der Waals surface area (Å²) in [6.07, 6.45) is 0. The van der Waals surface area contributed by atoms with Crippen LogP contribution in [-0.4, -0.2) is 13.0 Å². The predicted octanol–water partition coefficient (Wildman–Crippen LogP) is 6.60. The Kier molecular flexibility index (Phi) is 8.35. The third-order valence-electron chi connectivity index (χ3n) is 5.97. The normalized spacial score (nSPS) is 14.9. The number of carbonyl (C=O) groups is 1. The number of para-hydroxylation sites is 2. The average molecular weight is 572 g/mol. The van der Waals surface area contributed by atoms with E-state index >= 15 is 0 Å². The molecule has 2 N–H and O–H groups in total. The van der Waals surface area contributed by atoms with Gasteiger partial charge in [-0.15, -0.1) is 11.8 Å². The first-order valence-electron chi connectivity index (χ1n) is 11.4. The topological polar surface area (TPSA) is 97.9 Å². The van der Waals surface area contributed by atoms with Crippen LogP contribution in [0.3, 0.4) is 0 Å². The highest BCUT2D eigenvalue weighted by Crippen LogP contribution is 2.44. The van der Waals surface area contributed by atoms with Crippen LogP contribution in [0.1, 0.15) is 29.5 Å². The molecule has 1 atom stereocenters. The van der Waals surface area contributed by atoms with E-state index in [1.165, 1.54) is 11.8 Å². The highest BCUT2D eigenvalue weighted by atomic mass is 79.9. The van der Waals surface area contributed by atoms with Crippen molar-refractivity contribution in [1.82, 2.24) is 5.32 Å². The van der Waals surface area contributed by atoms with Crippen molar-refractivity contribution < 1.29 is 9.53 Å². The van der Waals surface area contributed by atoms with Crippen LogP contribution in [0.25, 0.3) is 0 Å². The first-order valence-corrected chi connectivity index (χ1v) is 13.2. The van der Waals surface area contributed by atoms with Crippen molar-refractivity contribution in [2.75, 3.05) is 12.4 Å². The fraction of sp³-hybridized carbons (Fsp3) is 0.138. The van der Waals surface area contributed by atoms with Gasteiger partial charge in [0, 0.05) is 21.5 Å². The molecule has 1 aliphatic heterocycles. The van der Waals surface area contributed by atoms with Crippen molar-refractivity contribution >= 4 is 39.3 Å². The summed E-state index contributed by atoms with van der Waals surface area (Å²) >= 11 is 5.06. The first-order chi connectivity index (χ1) is 18.0. The standard InChI is InChI=1S/C29H23BrN4O2S/c1-18-26(28(35)34-24-13-7-8-14-25(24)36-2)27(21-11-5-6-12-23(21)30)22(16-32)29(33-18)37-17-20-10-4-3-9-19(20)15-31/h3-14,27,33H,17H2,1-2H3,(H,34,35). The maximum absolute atomic E-state index is 13.7. The number of nitrogens with zero attached hydrogens (tertiary/aromatic N) is 2. The lowest BCUT2D eigenvalue weighted by atomic mass is 9.82. The minimum atomic E-state index is -0.606. The van der Waals surface area contributed by atoms with Gasteiger partial charge in [-0.3, -0.25) is 4.79 Å². The molecule has 37 heavy (non-hydrogen) atoms. The largest absolute Gasteiger partial charge is 0.495 e. The van der Waals surface area contributed by atoms with Gasteiger partial charge >= 0.3 is 0 Å². The van der Waals surface area contributed by atoms with E-state index in [4.69, 9.17) is 4.74 Å². The minimum Gasteiger partial charge on any atom is -0.495 e. The maximum Gasteiger partial charge on any atom is 0.254 e. The number of amides is 1. The van der Waals surface area contributed by atoms with Crippen molar-refractivity contribution in [2.24, 2.45) is 0 Å². The fourth-order valence-corrected chi connectivity index (χ4v) is 5.80. The number of hydrogen-bond donors (Lipinski definition) is 2. The number of nitriles is 2.